The zero-order valence-electron chi connectivity index (χ0n) is 36.2. The maximum Gasteiger partial charge on any atom is 0.0541 e. The molecular formula is C61H52N2. The number of anilines is 3. The monoisotopic (exact) mass is 812 g/mol. The zero-order chi connectivity index (χ0) is 42.0. The predicted molar refractivity (Wildman–Crippen MR) is 268 cm³/mol. The van der Waals surface area contributed by atoms with Gasteiger partial charge in [-0.05, 0) is 154 Å². The molecule has 0 unspecified atom stereocenters. The predicted octanol–water partition coefficient (Wildman–Crippen LogP) is 17.1. The fourth-order valence-corrected chi connectivity index (χ4v) is 12.2. The SMILES string of the molecule is CC1CC2CC(C)CC(C1)C2c1ccccc1-n1c2ccccc2c2cc(-c3cccc(N(c4ccc(-c5cccc6ccccc56)cc4)c4cccc5ccccc45)c3)ccc21. The molecule has 1 aromatic heterocycles. The molecule has 0 amide bonds. The van der Waals surface area contributed by atoms with Gasteiger partial charge in [0.1, 0.15) is 0 Å². The van der Waals surface area contributed by atoms with Gasteiger partial charge in [0, 0.05) is 33.2 Å². The number of hydrogen-bond donors (Lipinski definition) is 0. The van der Waals surface area contributed by atoms with Crippen LogP contribution in [0.25, 0.3) is 71.3 Å². The molecule has 2 saturated carbocycles. The Hall–Kier alpha value is -6.90. The Morgan fingerprint density at radius 1 is 0.413 bits per heavy atom. The summed E-state index contributed by atoms with van der Waals surface area (Å²) < 4.78 is 2.58. The molecule has 1 heterocycles. The van der Waals surface area contributed by atoms with E-state index in [-0.39, 0.29) is 0 Å². The van der Waals surface area contributed by atoms with Crippen molar-refractivity contribution in [3.05, 3.63) is 206 Å². The van der Waals surface area contributed by atoms with Crippen LogP contribution in [0.15, 0.2) is 200 Å². The van der Waals surface area contributed by atoms with E-state index in [0.717, 1.165) is 40.7 Å². The van der Waals surface area contributed by atoms with Gasteiger partial charge in [-0.1, -0.05) is 159 Å². The number of nitrogens with zero attached hydrogens (tertiary/aromatic N) is 2. The van der Waals surface area contributed by atoms with Crippen molar-refractivity contribution >= 4 is 60.4 Å². The molecule has 2 aliphatic carbocycles. The highest BCUT2D eigenvalue weighted by atomic mass is 15.1. The fourth-order valence-electron chi connectivity index (χ4n) is 12.2. The van der Waals surface area contributed by atoms with E-state index >= 15 is 0 Å². The minimum Gasteiger partial charge on any atom is -0.310 e. The Bertz CT molecular complexity index is 3280. The lowest BCUT2D eigenvalue weighted by Gasteiger charge is -2.48. The second-order valence-electron chi connectivity index (χ2n) is 18.8. The van der Waals surface area contributed by atoms with Crippen molar-refractivity contribution in [2.45, 2.75) is 45.4 Å². The van der Waals surface area contributed by atoms with E-state index < -0.39 is 0 Å². The lowest BCUT2D eigenvalue weighted by Crippen LogP contribution is -2.37. The lowest BCUT2D eigenvalue weighted by molar-refractivity contribution is 0.0795. The first-order valence-corrected chi connectivity index (χ1v) is 23.1. The molecule has 2 nitrogen and oxygen atoms in total. The smallest absolute Gasteiger partial charge is 0.0541 e. The molecule has 12 rings (SSSR count). The molecule has 0 radical (unpaired) electrons. The molecule has 10 aromatic rings. The summed E-state index contributed by atoms with van der Waals surface area (Å²) in [5, 5.41) is 7.57. The van der Waals surface area contributed by atoms with Crippen molar-refractivity contribution in [3.8, 4) is 27.9 Å². The van der Waals surface area contributed by atoms with E-state index in [1.165, 1.54) is 97.0 Å². The second kappa shape index (κ2) is 15.5. The minimum atomic E-state index is 0.617. The van der Waals surface area contributed by atoms with Gasteiger partial charge in [-0.25, -0.2) is 0 Å². The van der Waals surface area contributed by atoms with Crippen molar-refractivity contribution in [2.75, 3.05) is 4.90 Å². The first-order chi connectivity index (χ1) is 31.1. The van der Waals surface area contributed by atoms with E-state index in [1.54, 1.807) is 5.56 Å². The van der Waals surface area contributed by atoms with Gasteiger partial charge in [0.05, 0.1) is 16.7 Å². The number of hydrogen-bond acceptors (Lipinski definition) is 1. The van der Waals surface area contributed by atoms with Gasteiger partial charge in [-0.3, -0.25) is 0 Å². The topological polar surface area (TPSA) is 8.17 Å². The zero-order valence-corrected chi connectivity index (χ0v) is 36.2. The molecule has 2 fully saturated rings. The molecular weight excluding hydrogens is 761 g/mol. The average Bonchev–Trinajstić information content (AvgIpc) is 3.65. The van der Waals surface area contributed by atoms with Crippen molar-refractivity contribution in [3.63, 3.8) is 0 Å². The van der Waals surface area contributed by atoms with E-state index in [0.29, 0.717) is 5.92 Å². The molecule has 0 atom stereocenters. The summed E-state index contributed by atoms with van der Waals surface area (Å²) >= 11 is 0. The molecule has 2 bridgehead atoms. The summed E-state index contributed by atoms with van der Waals surface area (Å²) in [5.41, 5.74) is 13.7. The van der Waals surface area contributed by atoms with Crippen LogP contribution in [-0.2, 0) is 0 Å². The summed E-state index contributed by atoms with van der Waals surface area (Å²) in [5.74, 6) is 3.77. The van der Waals surface area contributed by atoms with Crippen LogP contribution < -0.4 is 4.90 Å². The maximum atomic E-state index is 2.58. The van der Waals surface area contributed by atoms with Gasteiger partial charge in [0.2, 0.25) is 0 Å². The van der Waals surface area contributed by atoms with Crippen LogP contribution in [0, 0.1) is 23.7 Å². The van der Waals surface area contributed by atoms with Crippen LogP contribution in [0.4, 0.5) is 17.1 Å². The van der Waals surface area contributed by atoms with E-state index in [2.05, 4.69) is 224 Å². The third kappa shape index (κ3) is 6.54. The van der Waals surface area contributed by atoms with Gasteiger partial charge in [0.15, 0.2) is 0 Å². The molecule has 63 heavy (non-hydrogen) atoms. The Morgan fingerprint density at radius 2 is 0.984 bits per heavy atom. The first-order valence-electron chi connectivity index (χ1n) is 23.1. The van der Waals surface area contributed by atoms with Gasteiger partial charge >= 0.3 is 0 Å². The number of fused-ring (bicyclic) bond motifs is 7. The molecule has 0 aliphatic heterocycles. The van der Waals surface area contributed by atoms with E-state index in [9.17, 15) is 0 Å². The highest BCUT2D eigenvalue weighted by Crippen LogP contribution is 2.55. The van der Waals surface area contributed by atoms with Crippen LogP contribution in [0.3, 0.4) is 0 Å². The Morgan fingerprint density at radius 3 is 1.76 bits per heavy atom. The van der Waals surface area contributed by atoms with E-state index in [4.69, 9.17) is 0 Å². The summed E-state index contributed by atoms with van der Waals surface area (Å²) in [7, 11) is 0. The van der Waals surface area contributed by atoms with E-state index in [1.807, 2.05) is 0 Å². The highest BCUT2D eigenvalue weighted by Gasteiger charge is 2.43. The third-order valence-electron chi connectivity index (χ3n) is 14.7. The molecule has 306 valence electrons. The van der Waals surface area contributed by atoms with Crippen LogP contribution in [0.5, 0.6) is 0 Å². The normalized spacial score (nSPS) is 19.8. The van der Waals surface area contributed by atoms with Gasteiger partial charge in [-0.2, -0.15) is 0 Å². The minimum absolute atomic E-state index is 0.617. The number of para-hydroxylation sites is 2. The largest absolute Gasteiger partial charge is 0.310 e. The number of rotatable bonds is 7. The molecule has 9 aromatic carbocycles. The molecule has 0 spiro atoms. The third-order valence-corrected chi connectivity index (χ3v) is 14.7. The van der Waals surface area contributed by atoms with Crippen molar-refractivity contribution in [2.24, 2.45) is 23.7 Å². The fraction of sp³-hybridized carbons (Fsp3) is 0.180. The number of benzene rings is 9. The second-order valence-corrected chi connectivity index (χ2v) is 18.8. The van der Waals surface area contributed by atoms with Crippen molar-refractivity contribution in [1.29, 1.82) is 0 Å². The summed E-state index contributed by atoms with van der Waals surface area (Å²) in [4.78, 5) is 2.43. The van der Waals surface area contributed by atoms with Gasteiger partial charge < -0.3 is 9.47 Å². The highest BCUT2D eigenvalue weighted by molar-refractivity contribution is 6.11. The first kappa shape index (κ1) is 37.8. The lowest BCUT2D eigenvalue weighted by atomic mass is 9.57. The standard InChI is InChI=1S/C61H52N2/c1-40-34-47-36-41(2)37-48(35-40)61(47)55-23-8-10-26-59(55)63-58-25-9-7-22-54(58)56-39-46(30-33-60(56)63)45-18-11-19-50(38-45)62(57-27-13-17-43-15-4-6-21-53(43)57)49-31-28-44(29-32-49)52-24-12-16-42-14-3-5-20-51(42)52/h3-33,38-41,47-48,61H,34-37H2,1-2H3. The van der Waals surface area contributed by atoms with Gasteiger partial charge in [-0.15, -0.1) is 0 Å². The number of aromatic nitrogens is 1. The van der Waals surface area contributed by atoms with Crippen LogP contribution in [-0.4, -0.2) is 4.57 Å². The Labute approximate surface area is 371 Å². The van der Waals surface area contributed by atoms with Crippen molar-refractivity contribution in [1.82, 2.24) is 4.57 Å². The van der Waals surface area contributed by atoms with Crippen LogP contribution in [0.1, 0.15) is 51.0 Å². The Kier molecular flexibility index (Phi) is 9.29. The van der Waals surface area contributed by atoms with Crippen LogP contribution in [0.2, 0.25) is 0 Å². The molecule has 0 N–H and O–H groups in total. The quantitative estimate of drug-likeness (QED) is 0.156. The average molecular weight is 813 g/mol. The maximum absolute atomic E-state index is 2.58. The summed E-state index contributed by atoms with van der Waals surface area (Å²) in [6.07, 6.45) is 5.40. The molecule has 0 saturated heterocycles. The molecule has 2 heteroatoms. The van der Waals surface area contributed by atoms with Crippen molar-refractivity contribution < 1.29 is 0 Å². The van der Waals surface area contributed by atoms with Crippen LogP contribution >= 0.6 is 0 Å². The Balaban J connectivity index is 0.972. The summed E-state index contributed by atoms with van der Waals surface area (Å²) in [6.45, 7) is 4.98. The summed E-state index contributed by atoms with van der Waals surface area (Å²) in [6, 6.07) is 74.5. The molecule has 2 aliphatic rings. The van der Waals surface area contributed by atoms with Gasteiger partial charge in [0.25, 0.3) is 0 Å².